The maximum absolute atomic E-state index is 15.0. The van der Waals surface area contributed by atoms with Gasteiger partial charge in [-0.15, -0.1) is 0 Å². The van der Waals surface area contributed by atoms with E-state index in [1.54, 1.807) is 6.07 Å². The predicted octanol–water partition coefficient (Wildman–Crippen LogP) is 1.17. The predicted molar refractivity (Wildman–Crippen MR) is 113 cm³/mol. The van der Waals surface area contributed by atoms with Gasteiger partial charge in [-0.3, -0.25) is 4.79 Å². The second-order valence-corrected chi connectivity index (χ2v) is 6.56. The molecule has 2 rings (SSSR count). The molecule has 0 saturated carbocycles. The summed E-state index contributed by atoms with van der Waals surface area (Å²) >= 11 is 0. The number of nitriles is 1. The zero-order valence-corrected chi connectivity index (χ0v) is 17.6. The molecule has 0 bridgehead atoms. The first-order chi connectivity index (χ1) is 15.7. The lowest BCUT2D eigenvalue weighted by atomic mass is 10.0. The number of rotatable bonds is 11. The number of halogens is 3. The molecule has 176 valence electrons. The molecule has 1 aromatic carbocycles. The zero-order valence-electron chi connectivity index (χ0n) is 17.6. The molecule has 0 radical (unpaired) electrons. The van der Waals surface area contributed by atoms with Crippen molar-refractivity contribution in [3.05, 3.63) is 53.0 Å². The van der Waals surface area contributed by atoms with Gasteiger partial charge in [-0.1, -0.05) is 6.07 Å². The van der Waals surface area contributed by atoms with Crippen LogP contribution in [0.25, 0.3) is 0 Å². The summed E-state index contributed by atoms with van der Waals surface area (Å²) in [5, 5.41) is 17.3. The molecule has 0 aliphatic carbocycles. The lowest BCUT2D eigenvalue weighted by Gasteiger charge is -2.19. The molecule has 0 unspecified atom stereocenters. The fraction of sp³-hybridized carbons (Fsp3) is 0.300. The molecule has 1 heterocycles. The van der Waals surface area contributed by atoms with Crippen LogP contribution in [0, 0.1) is 17.1 Å². The molecule has 6 N–H and O–H groups in total. The number of nitrogens with zero attached hydrogens (tertiary/aromatic N) is 3. The number of nitrogens with one attached hydrogen (secondary N) is 2. The van der Waals surface area contributed by atoms with Crippen LogP contribution < -0.4 is 26.8 Å². The van der Waals surface area contributed by atoms with Crippen molar-refractivity contribution in [2.45, 2.75) is 12.3 Å². The van der Waals surface area contributed by atoms with E-state index in [0.717, 1.165) is 12.1 Å². The van der Waals surface area contributed by atoms with Crippen molar-refractivity contribution < 1.29 is 27.5 Å². The number of methoxy groups -OCH3 is 1. The number of guanidine groups is 1. The Kier molecular flexibility index (Phi) is 8.67. The summed E-state index contributed by atoms with van der Waals surface area (Å²) in [4.78, 5) is 20.5. The van der Waals surface area contributed by atoms with E-state index in [1.807, 2.05) is 0 Å². The van der Waals surface area contributed by atoms with Gasteiger partial charge in [0.1, 0.15) is 12.3 Å². The van der Waals surface area contributed by atoms with E-state index in [-0.39, 0.29) is 41.8 Å². The molecule has 0 aliphatic rings. The third kappa shape index (κ3) is 7.17. The number of alkyl halides is 2. The van der Waals surface area contributed by atoms with E-state index in [0.29, 0.717) is 0 Å². The van der Waals surface area contributed by atoms with Crippen molar-refractivity contribution in [3.8, 4) is 11.9 Å². The van der Waals surface area contributed by atoms with E-state index in [4.69, 9.17) is 21.0 Å². The maximum atomic E-state index is 15.0. The molecule has 10 nitrogen and oxygen atoms in total. The first-order valence-electron chi connectivity index (χ1n) is 9.50. The highest BCUT2D eigenvalue weighted by molar-refractivity contribution is 5.80. The summed E-state index contributed by atoms with van der Waals surface area (Å²) in [7, 11) is 1.29. The van der Waals surface area contributed by atoms with Gasteiger partial charge in [-0.25, -0.2) is 9.37 Å². The van der Waals surface area contributed by atoms with Gasteiger partial charge < -0.3 is 31.7 Å². The molecule has 0 atom stereocenters. The Bertz CT molecular complexity index is 1050. The third-order valence-electron chi connectivity index (χ3n) is 4.19. The summed E-state index contributed by atoms with van der Waals surface area (Å²) in [6.07, 6.45) is -0.500. The Labute approximate surface area is 187 Å². The van der Waals surface area contributed by atoms with Crippen LogP contribution >= 0.6 is 0 Å². The van der Waals surface area contributed by atoms with E-state index in [9.17, 15) is 23.2 Å². The molecule has 2 aromatic rings. The number of hydrogen-bond donors (Lipinski definition) is 4. The van der Waals surface area contributed by atoms with Crippen LogP contribution in [0.1, 0.15) is 16.8 Å². The number of benzene rings is 1. The van der Waals surface area contributed by atoms with Crippen LogP contribution in [0.5, 0.6) is 5.88 Å². The van der Waals surface area contributed by atoms with Gasteiger partial charge in [0.25, 0.3) is 0 Å². The van der Waals surface area contributed by atoms with Crippen LogP contribution in [0.15, 0.2) is 35.5 Å². The number of ether oxygens (including phenoxy) is 1. The van der Waals surface area contributed by atoms with Crippen molar-refractivity contribution in [2.24, 2.45) is 16.6 Å². The summed E-state index contributed by atoms with van der Waals surface area (Å²) in [5.74, 6) is -5.35. The topological polar surface area (TPSA) is 161 Å². The summed E-state index contributed by atoms with van der Waals surface area (Å²) in [5.41, 5.74) is 8.95. The largest absolute Gasteiger partial charge is 0.481 e. The third-order valence-corrected chi connectivity index (χ3v) is 4.19. The van der Waals surface area contributed by atoms with Gasteiger partial charge >= 0.3 is 5.92 Å². The van der Waals surface area contributed by atoms with Crippen molar-refractivity contribution >= 4 is 17.6 Å². The second kappa shape index (κ2) is 11.4. The molecule has 0 spiro atoms. The van der Waals surface area contributed by atoms with Gasteiger partial charge in [-0.05, 0) is 23.4 Å². The Morgan fingerprint density at radius 1 is 1.30 bits per heavy atom. The average molecular weight is 465 g/mol. The minimum atomic E-state index is -3.46. The van der Waals surface area contributed by atoms with Gasteiger partial charge in [0.15, 0.2) is 5.82 Å². The number of aromatic nitrogens is 1. The zero-order chi connectivity index (χ0) is 24.4. The molecule has 0 fully saturated rings. The van der Waals surface area contributed by atoms with Gasteiger partial charge in [-0.2, -0.15) is 14.0 Å². The number of anilines is 1. The van der Waals surface area contributed by atoms with Crippen LogP contribution in [-0.2, 0) is 22.0 Å². The fourth-order valence-electron chi connectivity index (χ4n) is 2.64. The molecule has 13 heteroatoms. The number of hydrogen-bond acceptors (Lipinski definition) is 7. The molecule has 1 aromatic heterocycles. The average Bonchev–Trinajstić information content (AvgIpc) is 2.79. The number of amides is 1. The molecule has 1 amide bonds. The molecule has 0 aliphatic heterocycles. The first kappa shape index (κ1) is 25.1. The molecular formula is C20H22F3N7O3. The Balaban J connectivity index is 2.09. The highest BCUT2D eigenvalue weighted by Gasteiger charge is 2.34. The second-order valence-electron chi connectivity index (χ2n) is 6.56. The van der Waals surface area contributed by atoms with Crippen molar-refractivity contribution in [1.82, 2.24) is 10.3 Å². The minimum absolute atomic E-state index is 0.00808. The molecular weight excluding hydrogens is 443 g/mol. The fourth-order valence-corrected chi connectivity index (χ4v) is 2.64. The highest BCUT2D eigenvalue weighted by Crippen LogP contribution is 2.29. The summed E-state index contributed by atoms with van der Waals surface area (Å²) in [6, 6.07) is 8.05. The van der Waals surface area contributed by atoms with E-state index < -0.39 is 36.3 Å². The highest BCUT2D eigenvalue weighted by atomic mass is 19.3. The van der Waals surface area contributed by atoms with E-state index in [2.05, 4.69) is 20.8 Å². The number of carbonyl (C=O) groups excluding carboxylic acids is 1. The van der Waals surface area contributed by atoms with Gasteiger partial charge in [0.05, 0.1) is 43.9 Å². The van der Waals surface area contributed by atoms with Crippen LogP contribution in [0.4, 0.5) is 18.9 Å². The first-order valence-corrected chi connectivity index (χ1v) is 9.50. The summed E-state index contributed by atoms with van der Waals surface area (Å²) in [6.45, 7) is -1.02. The van der Waals surface area contributed by atoms with Crippen molar-refractivity contribution in [3.63, 3.8) is 0 Å². The van der Waals surface area contributed by atoms with Crippen molar-refractivity contribution in [1.29, 1.82) is 5.26 Å². The lowest BCUT2D eigenvalue weighted by molar-refractivity contribution is -0.120. The van der Waals surface area contributed by atoms with Crippen LogP contribution in [0.2, 0.25) is 0 Å². The Hall–Kier alpha value is -4.21. The monoisotopic (exact) mass is 465 g/mol. The lowest BCUT2D eigenvalue weighted by Crippen LogP contribution is -2.30. The van der Waals surface area contributed by atoms with Gasteiger partial charge in [0, 0.05) is 11.6 Å². The number of oxime groups is 1. The quantitative estimate of drug-likeness (QED) is 0.166. The Morgan fingerprint density at radius 2 is 2.06 bits per heavy atom. The van der Waals surface area contributed by atoms with E-state index >= 15 is 0 Å². The Morgan fingerprint density at radius 3 is 2.73 bits per heavy atom. The normalized spacial score (nSPS) is 10.6. The summed E-state index contributed by atoms with van der Waals surface area (Å²) < 4.78 is 48.9. The SMILES string of the molecule is COc1cccc(C(F)(F)CNc2ccc(C#N)c(CC(=O)NCCON=C(N)N)c2F)n1. The van der Waals surface area contributed by atoms with E-state index in [1.165, 1.54) is 25.3 Å². The number of carbonyl (C=O) groups is 1. The minimum Gasteiger partial charge on any atom is -0.481 e. The van der Waals surface area contributed by atoms with Gasteiger partial charge in [0.2, 0.25) is 17.7 Å². The standard InChI is InChI=1S/C20H22F3N7O3/c1-32-17-4-2-3-15(29-17)20(22,23)11-28-14-6-5-12(10-24)13(18(14)21)9-16(31)27-7-8-33-30-19(25)26/h2-6,28H,7-9,11H2,1H3,(H,27,31)(H4,25,26,30). The van der Waals surface area contributed by atoms with Crippen LogP contribution in [0.3, 0.4) is 0 Å². The van der Waals surface area contributed by atoms with Crippen molar-refractivity contribution in [2.75, 3.05) is 32.1 Å². The van der Waals surface area contributed by atoms with Crippen LogP contribution in [-0.4, -0.2) is 43.7 Å². The molecule has 0 saturated heterocycles. The number of pyridine rings is 1. The smallest absolute Gasteiger partial charge is 0.306 e. The maximum Gasteiger partial charge on any atom is 0.306 e. The number of nitrogens with two attached hydrogens (primary N) is 2. The molecule has 33 heavy (non-hydrogen) atoms.